The molecule has 1 aliphatic heterocycles. The predicted molar refractivity (Wildman–Crippen MR) is 134 cm³/mol. The van der Waals surface area contributed by atoms with Crippen LogP contribution in [0.15, 0.2) is 71.2 Å². The number of primary amides is 1. The Morgan fingerprint density at radius 2 is 1.73 bits per heavy atom. The molecule has 3 aromatic rings. The summed E-state index contributed by atoms with van der Waals surface area (Å²) >= 11 is 3.51. The van der Waals surface area contributed by atoms with Crippen molar-refractivity contribution in [2.45, 2.75) is 31.3 Å². The molecule has 6 heteroatoms. The Morgan fingerprint density at radius 3 is 2.36 bits per heavy atom. The number of nitrogens with two attached hydrogens (primary N) is 1. The van der Waals surface area contributed by atoms with Crippen LogP contribution in [-0.4, -0.2) is 31.6 Å². The van der Waals surface area contributed by atoms with Crippen molar-refractivity contribution in [2.75, 3.05) is 20.8 Å². The van der Waals surface area contributed by atoms with E-state index in [0.717, 1.165) is 47.2 Å². The van der Waals surface area contributed by atoms with E-state index in [9.17, 15) is 4.79 Å². The number of fused-ring (bicyclic) bond motifs is 1. The number of amides is 1. The summed E-state index contributed by atoms with van der Waals surface area (Å²) in [7, 11) is 3.31. The minimum Gasteiger partial charge on any atom is -0.493 e. The van der Waals surface area contributed by atoms with Gasteiger partial charge in [-0.15, -0.1) is 0 Å². The first-order valence-corrected chi connectivity index (χ1v) is 11.9. The number of benzene rings is 3. The lowest BCUT2D eigenvalue weighted by atomic mass is 9.86. The molecular weight excluding hydrogens is 480 g/mol. The van der Waals surface area contributed by atoms with Gasteiger partial charge in [0.15, 0.2) is 11.5 Å². The molecule has 1 amide bonds. The first-order valence-electron chi connectivity index (χ1n) is 11.1. The predicted octanol–water partition coefficient (Wildman–Crippen LogP) is 5.22. The molecule has 0 bridgehead atoms. The topological polar surface area (TPSA) is 64.8 Å². The SMILES string of the molecule is COc1cc2c(cc1OC)[C@H](CCc1ccc(Br)cc1)N(C(C(N)=O)c1ccccc1)CC2. The average Bonchev–Trinajstić information content (AvgIpc) is 2.84. The lowest BCUT2D eigenvalue weighted by Crippen LogP contribution is -2.44. The second-order valence-electron chi connectivity index (χ2n) is 8.29. The van der Waals surface area contributed by atoms with Gasteiger partial charge in [0, 0.05) is 17.1 Å². The molecule has 5 nitrogen and oxygen atoms in total. The van der Waals surface area contributed by atoms with Gasteiger partial charge in [0.05, 0.1) is 14.2 Å². The highest BCUT2D eigenvalue weighted by Gasteiger charge is 2.36. The summed E-state index contributed by atoms with van der Waals surface area (Å²) in [6, 6.07) is 21.9. The van der Waals surface area contributed by atoms with Gasteiger partial charge in [0.1, 0.15) is 6.04 Å². The summed E-state index contributed by atoms with van der Waals surface area (Å²) in [4.78, 5) is 15.0. The number of methoxy groups -OCH3 is 2. The number of halogens is 1. The summed E-state index contributed by atoms with van der Waals surface area (Å²) in [5, 5.41) is 0. The number of carbonyl (C=O) groups excluding carboxylic acids is 1. The normalized spacial score (nSPS) is 16.6. The van der Waals surface area contributed by atoms with Crippen LogP contribution in [0.2, 0.25) is 0 Å². The quantitative estimate of drug-likeness (QED) is 0.452. The second-order valence-corrected chi connectivity index (χ2v) is 9.21. The molecule has 1 heterocycles. The van der Waals surface area contributed by atoms with Crippen LogP contribution in [0, 0.1) is 0 Å². The molecule has 172 valence electrons. The van der Waals surface area contributed by atoms with E-state index < -0.39 is 6.04 Å². The molecule has 1 aliphatic rings. The van der Waals surface area contributed by atoms with Gasteiger partial charge in [-0.25, -0.2) is 0 Å². The third kappa shape index (κ3) is 5.07. The Balaban J connectivity index is 1.75. The van der Waals surface area contributed by atoms with Crippen molar-refractivity contribution in [1.82, 2.24) is 4.90 Å². The molecule has 2 N–H and O–H groups in total. The Bertz CT molecular complexity index is 1100. The fourth-order valence-electron chi connectivity index (χ4n) is 4.79. The smallest absolute Gasteiger partial charge is 0.239 e. The standard InChI is InChI=1S/C27H29BrN2O3/c1-32-24-16-20-14-15-30(26(27(29)31)19-6-4-3-5-7-19)23(22(20)17-25(24)33-2)13-10-18-8-11-21(28)12-9-18/h3-9,11-12,16-17,23,26H,10,13-15H2,1-2H3,(H2,29,31)/t23-,26?/m0/s1. The molecule has 0 aliphatic carbocycles. The van der Waals surface area contributed by atoms with Crippen LogP contribution in [-0.2, 0) is 17.6 Å². The Morgan fingerprint density at radius 1 is 1.06 bits per heavy atom. The highest BCUT2D eigenvalue weighted by Crippen LogP contribution is 2.43. The number of carbonyl (C=O) groups is 1. The van der Waals surface area contributed by atoms with Crippen LogP contribution < -0.4 is 15.2 Å². The van der Waals surface area contributed by atoms with Crippen LogP contribution in [0.25, 0.3) is 0 Å². The summed E-state index contributed by atoms with van der Waals surface area (Å²) < 4.78 is 12.2. The monoisotopic (exact) mass is 508 g/mol. The molecule has 0 spiro atoms. The Hall–Kier alpha value is -2.83. The maximum absolute atomic E-state index is 12.7. The maximum Gasteiger partial charge on any atom is 0.239 e. The largest absolute Gasteiger partial charge is 0.493 e. The van der Waals surface area contributed by atoms with Crippen molar-refractivity contribution in [3.63, 3.8) is 0 Å². The van der Waals surface area contributed by atoms with E-state index in [1.165, 1.54) is 11.1 Å². The van der Waals surface area contributed by atoms with Crippen molar-refractivity contribution >= 4 is 21.8 Å². The lowest BCUT2D eigenvalue weighted by molar-refractivity contribution is -0.124. The van der Waals surface area contributed by atoms with Crippen molar-refractivity contribution in [3.8, 4) is 11.5 Å². The van der Waals surface area contributed by atoms with E-state index in [-0.39, 0.29) is 11.9 Å². The van der Waals surface area contributed by atoms with E-state index in [1.807, 2.05) is 30.3 Å². The number of aryl methyl sites for hydroxylation is 1. The van der Waals surface area contributed by atoms with Crippen molar-refractivity contribution < 1.29 is 14.3 Å². The van der Waals surface area contributed by atoms with Crippen molar-refractivity contribution in [3.05, 3.63) is 93.5 Å². The molecule has 0 fully saturated rings. The Kier molecular flexibility index (Phi) is 7.36. The molecular formula is C27H29BrN2O3. The molecule has 0 radical (unpaired) electrons. The molecule has 3 aromatic carbocycles. The van der Waals surface area contributed by atoms with Gasteiger partial charge in [0.2, 0.25) is 5.91 Å². The van der Waals surface area contributed by atoms with Gasteiger partial charge in [-0.1, -0.05) is 58.4 Å². The van der Waals surface area contributed by atoms with Gasteiger partial charge in [-0.05, 0) is 65.8 Å². The number of hydrogen-bond donors (Lipinski definition) is 1. The fraction of sp³-hybridized carbons (Fsp3) is 0.296. The van der Waals surface area contributed by atoms with E-state index in [4.69, 9.17) is 15.2 Å². The third-order valence-corrected chi connectivity index (χ3v) is 6.91. The van der Waals surface area contributed by atoms with E-state index in [2.05, 4.69) is 57.2 Å². The minimum atomic E-state index is -0.498. The van der Waals surface area contributed by atoms with Crippen LogP contribution in [0.4, 0.5) is 0 Å². The van der Waals surface area contributed by atoms with Gasteiger partial charge in [-0.3, -0.25) is 9.69 Å². The molecule has 2 atom stereocenters. The Labute approximate surface area is 203 Å². The second kappa shape index (κ2) is 10.4. The minimum absolute atomic E-state index is 0.00918. The van der Waals surface area contributed by atoms with Gasteiger partial charge < -0.3 is 15.2 Å². The zero-order valence-electron chi connectivity index (χ0n) is 19.0. The molecule has 1 unspecified atom stereocenters. The number of ether oxygens (including phenoxy) is 2. The average molecular weight is 509 g/mol. The van der Waals surface area contributed by atoms with Crippen molar-refractivity contribution in [2.24, 2.45) is 5.73 Å². The zero-order valence-corrected chi connectivity index (χ0v) is 20.5. The number of nitrogens with zero attached hydrogens (tertiary/aromatic N) is 1. The van der Waals surface area contributed by atoms with Crippen LogP contribution in [0.5, 0.6) is 11.5 Å². The fourth-order valence-corrected chi connectivity index (χ4v) is 5.05. The first kappa shape index (κ1) is 23.3. The van der Waals surface area contributed by atoms with E-state index >= 15 is 0 Å². The summed E-state index contributed by atoms with van der Waals surface area (Å²) in [5.74, 6) is 1.09. The highest BCUT2D eigenvalue weighted by atomic mass is 79.9. The number of rotatable bonds is 8. The first-order chi connectivity index (χ1) is 16.0. The number of hydrogen-bond acceptors (Lipinski definition) is 4. The van der Waals surface area contributed by atoms with Crippen LogP contribution in [0.1, 0.15) is 40.8 Å². The van der Waals surface area contributed by atoms with E-state index in [1.54, 1.807) is 14.2 Å². The third-order valence-electron chi connectivity index (χ3n) is 6.38. The summed E-state index contributed by atoms with van der Waals surface area (Å²) in [5.41, 5.74) is 10.5. The summed E-state index contributed by atoms with van der Waals surface area (Å²) in [6.45, 7) is 0.732. The van der Waals surface area contributed by atoms with Gasteiger partial charge in [-0.2, -0.15) is 0 Å². The van der Waals surface area contributed by atoms with E-state index in [0.29, 0.717) is 5.75 Å². The zero-order chi connectivity index (χ0) is 23.4. The molecule has 33 heavy (non-hydrogen) atoms. The van der Waals surface area contributed by atoms with Crippen molar-refractivity contribution in [1.29, 1.82) is 0 Å². The summed E-state index contributed by atoms with van der Waals surface area (Å²) in [6.07, 6.45) is 2.53. The lowest BCUT2D eigenvalue weighted by Gasteiger charge is -2.41. The van der Waals surface area contributed by atoms with Crippen LogP contribution >= 0.6 is 15.9 Å². The van der Waals surface area contributed by atoms with Gasteiger partial charge in [0.25, 0.3) is 0 Å². The molecule has 0 saturated heterocycles. The molecule has 0 saturated carbocycles. The highest BCUT2D eigenvalue weighted by molar-refractivity contribution is 9.10. The molecule has 4 rings (SSSR count). The van der Waals surface area contributed by atoms with Gasteiger partial charge >= 0.3 is 0 Å². The molecule has 0 aromatic heterocycles. The van der Waals surface area contributed by atoms with Crippen LogP contribution in [0.3, 0.4) is 0 Å². The maximum atomic E-state index is 12.7.